The van der Waals surface area contributed by atoms with Crippen LogP contribution in [0.1, 0.15) is 12.0 Å². The highest BCUT2D eigenvalue weighted by Gasteiger charge is 2.19. The van der Waals surface area contributed by atoms with E-state index >= 15 is 0 Å². The first-order valence-corrected chi connectivity index (χ1v) is 7.60. The number of nitrogens with one attached hydrogen (secondary N) is 1. The summed E-state index contributed by atoms with van der Waals surface area (Å²) in [5.41, 5.74) is 5.57. The average Bonchev–Trinajstić information content (AvgIpc) is 2.37. The summed E-state index contributed by atoms with van der Waals surface area (Å²) in [6, 6.07) is 2.33. The smallest absolute Gasteiger partial charge is 0.241 e. The van der Waals surface area contributed by atoms with Gasteiger partial charge in [-0.05, 0) is 25.5 Å². The third kappa shape index (κ3) is 4.59. The lowest BCUT2D eigenvalue weighted by Crippen LogP contribution is -2.28. The van der Waals surface area contributed by atoms with E-state index in [9.17, 15) is 12.8 Å². The number of nitrogens with two attached hydrogens (primary N) is 1. The predicted octanol–water partition coefficient (Wildman–Crippen LogP) is 1.59. The summed E-state index contributed by atoms with van der Waals surface area (Å²) in [7, 11) is -3.80. The van der Waals surface area contributed by atoms with Crippen LogP contribution in [0, 0.1) is 12.7 Å². The second-order valence-corrected chi connectivity index (χ2v) is 5.95. The number of benzene rings is 1. The van der Waals surface area contributed by atoms with Crippen LogP contribution in [0.4, 0.5) is 10.1 Å². The van der Waals surface area contributed by atoms with E-state index in [-0.39, 0.29) is 29.3 Å². The number of anilines is 1. The number of ether oxygens (including phenoxy) is 1. The molecule has 0 atom stereocenters. The zero-order valence-corrected chi connectivity index (χ0v) is 12.2. The Hall–Kier alpha value is -1.44. The lowest BCUT2D eigenvalue weighted by atomic mass is 10.2. The number of nitrogen functional groups attached to an aromatic ring is 1. The molecule has 0 saturated heterocycles. The minimum absolute atomic E-state index is 0.0410. The Morgan fingerprint density at radius 2 is 2.15 bits per heavy atom. The third-order valence-electron chi connectivity index (χ3n) is 2.61. The largest absolute Gasteiger partial charge is 0.399 e. The zero-order chi connectivity index (χ0) is 15.2. The average molecular weight is 302 g/mol. The molecule has 0 saturated carbocycles. The number of halogens is 1. The van der Waals surface area contributed by atoms with Crippen molar-refractivity contribution in [1.29, 1.82) is 0 Å². The summed E-state index contributed by atoms with van der Waals surface area (Å²) in [5, 5.41) is 0. The van der Waals surface area contributed by atoms with Crippen molar-refractivity contribution in [2.24, 2.45) is 0 Å². The summed E-state index contributed by atoms with van der Waals surface area (Å²) >= 11 is 0. The van der Waals surface area contributed by atoms with Crippen LogP contribution in [0.15, 0.2) is 29.7 Å². The van der Waals surface area contributed by atoms with Crippen LogP contribution in [0.3, 0.4) is 0 Å². The van der Waals surface area contributed by atoms with E-state index < -0.39 is 15.8 Å². The van der Waals surface area contributed by atoms with Gasteiger partial charge in [-0.25, -0.2) is 17.5 Å². The maximum absolute atomic E-state index is 13.5. The Kier molecular flexibility index (Phi) is 6.12. The second kappa shape index (κ2) is 7.37. The normalized spacial score (nSPS) is 11.5. The molecular formula is C13H19FN2O3S. The van der Waals surface area contributed by atoms with Crippen LogP contribution >= 0.6 is 0 Å². The molecule has 0 unspecified atom stereocenters. The third-order valence-corrected chi connectivity index (χ3v) is 4.20. The summed E-state index contributed by atoms with van der Waals surface area (Å²) in [5.74, 6) is -0.646. The van der Waals surface area contributed by atoms with Crippen molar-refractivity contribution >= 4 is 15.7 Å². The predicted molar refractivity (Wildman–Crippen MR) is 76.4 cm³/mol. The Labute approximate surface area is 118 Å². The summed E-state index contributed by atoms with van der Waals surface area (Å²) in [6.45, 7) is 5.76. The molecule has 1 rings (SSSR count). The van der Waals surface area contributed by atoms with Gasteiger partial charge in [0.05, 0.1) is 18.1 Å². The fourth-order valence-electron chi connectivity index (χ4n) is 1.55. The highest BCUT2D eigenvalue weighted by molar-refractivity contribution is 7.89. The lowest BCUT2D eigenvalue weighted by molar-refractivity contribution is 0.144. The summed E-state index contributed by atoms with van der Waals surface area (Å²) in [6.07, 6.45) is 2.41. The van der Waals surface area contributed by atoms with Gasteiger partial charge in [0.25, 0.3) is 0 Å². The molecule has 3 N–H and O–H groups in total. The molecule has 0 aliphatic rings. The number of hydrogen-bond donors (Lipinski definition) is 2. The van der Waals surface area contributed by atoms with Crippen molar-refractivity contribution in [3.05, 3.63) is 36.2 Å². The van der Waals surface area contributed by atoms with E-state index in [1.165, 1.54) is 13.0 Å². The quantitative estimate of drug-likeness (QED) is 0.434. The standard InChI is InChI=1S/C13H19FN2O3S/c1-3-4-6-19-7-5-16-20(17,18)13-9-11(15)8-12(14)10(13)2/h3,8-9,16H,1,4-7,15H2,2H3. The molecule has 0 aliphatic heterocycles. The van der Waals surface area contributed by atoms with Gasteiger partial charge in [0.15, 0.2) is 0 Å². The first-order chi connectivity index (χ1) is 9.38. The van der Waals surface area contributed by atoms with Crippen LogP contribution in [0.25, 0.3) is 0 Å². The maximum Gasteiger partial charge on any atom is 0.241 e. The molecule has 5 nitrogen and oxygen atoms in total. The van der Waals surface area contributed by atoms with Gasteiger partial charge in [-0.2, -0.15) is 0 Å². The van der Waals surface area contributed by atoms with Gasteiger partial charge in [0.2, 0.25) is 10.0 Å². The number of sulfonamides is 1. The van der Waals surface area contributed by atoms with Crippen LogP contribution in [-0.4, -0.2) is 28.2 Å². The topological polar surface area (TPSA) is 81.4 Å². The van der Waals surface area contributed by atoms with Crippen molar-refractivity contribution in [2.45, 2.75) is 18.2 Å². The Bertz CT molecular complexity index is 573. The second-order valence-electron chi connectivity index (χ2n) is 4.21. The SMILES string of the molecule is C=CCCOCCNS(=O)(=O)c1cc(N)cc(F)c1C. The fourth-order valence-corrected chi connectivity index (χ4v) is 2.85. The van der Waals surface area contributed by atoms with E-state index in [1.54, 1.807) is 6.08 Å². The molecule has 20 heavy (non-hydrogen) atoms. The van der Waals surface area contributed by atoms with E-state index in [2.05, 4.69) is 11.3 Å². The summed E-state index contributed by atoms with van der Waals surface area (Å²) in [4.78, 5) is -0.152. The molecule has 0 amide bonds. The molecule has 7 heteroatoms. The molecule has 0 heterocycles. The monoisotopic (exact) mass is 302 g/mol. The van der Waals surface area contributed by atoms with Gasteiger partial charge in [0, 0.05) is 17.8 Å². The molecule has 1 aromatic rings. The molecule has 0 radical (unpaired) electrons. The van der Waals surface area contributed by atoms with Crippen molar-refractivity contribution in [3.63, 3.8) is 0 Å². The highest BCUT2D eigenvalue weighted by Crippen LogP contribution is 2.21. The fraction of sp³-hybridized carbons (Fsp3) is 0.385. The van der Waals surface area contributed by atoms with Crippen LogP contribution in [0.5, 0.6) is 0 Å². The number of hydrogen-bond acceptors (Lipinski definition) is 4. The molecule has 1 aromatic carbocycles. The molecular weight excluding hydrogens is 283 g/mol. The van der Waals surface area contributed by atoms with Gasteiger partial charge >= 0.3 is 0 Å². The maximum atomic E-state index is 13.5. The van der Waals surface area contributed by atoms with Crippen molar-refractivity contribution < 1.29 is 17.5 Å². The Morgan fingerprint density at radius 3 is 2.80 bits per heavy atom. The van der Waals surface area contributed by atoms with E-state index in [1.807, 2.05) is 0 Å². The number of rotatable bonds is 8. The first-order valence-electron chi connectivity index (χ1n) is 6.12. The van der Waals surface area contributed by atoms with Crippen molar-refractivity contribution in [3.8, 4) is 0 Å². The van der Waals surface area contributed by atoms with Crippen molar-refractivity contribution in [1.82, 2.24) is 4.72 Å². The van der Waals surface area contributed by atoms with Crippen LogP contribution in [-0.2, 0) is 14.8 Å². The van der Waals surface area contributed by atoms with Gasteiger partial charge in [-0.3, -0.25) is 0 Å². The van der Waals surface area contributed by atoms with E-state index in [0.29, 0.717) is 13.0 Å². The molecule has 0 bridgehead atoms. The van der Waals surface area contributed by atoms with Gasteiger partial charge in [0.1, 0.15) is 5.82 Å². The molecule has 0 fully saturated rings. The zero-order valence-electron chi connectivity index (χ0n) is 11.4. The molecule has 0 spiro atoms. The molecule has 0 aliphatic carbocycles. The van der Waals surface area contributed by atoms with Crippen LogP contribution in [0.2, 0.25) is 0 Å². The molecule has 0 aromatic heterocycles. The Morgan fingerprint density at radius 1 is 1.45 bits per heavy atom. The van der Waals surface area contributed by atoms with E-state index in [0.717, 1.165) is 6.07 Å². The highest BCUT2D eigenvalue weighted by atomic mass is 32.2. The van der Waals surface area contributed by atoms with E-state index in [4.69, 9.17) is 10.5 Å². The van der Waals surface area contributed by atoms with Crippen LogP contribution < -0.4 is 10.5 Å². The van der Waals surface area contributed by atoms with Gasteiger partial charge in [-0.1, -0.05) is 6.08 Å². The lowest BCUT2D eigenvalue weighted by Gasteiger charge is -2.11. The molecule has 112 valence electrons. The van der Waals surface area contributed by atoms with Gasteiger partial charge < -0.3 is 10.5 Å². The van der Waals surface area contributed by atoms with Crippen molar-refractivity contribution in [2.75, 3.05) is 25.5 Å². The minimum Gasteiger partial charge on any atom is -0.399 e. The van der Waals surface area contributed by atoms with Gasteiger partial charge in [-0.15, -0.1) is 6.58 Å². The Balaban J connectivity index is 2.67. The minimum atomic E-state index is -3.80. The summed E-state index contributed by atoms with van der Waals surface area (Å²) < 4.78 is 45.1. The first kappa shape index (κ1) is 16.6.